The van der Waals surface area contributed by atoms with E-state index in [2.05, 4.69) is 5.16 Å². The summed E-state index contributed by atoms with van der Waals surface area (Å²) in [5.41, 5.74) is 0.631. The van der Waals surface area contributed by atoms with Crippen LogP contribution in [0.3, 0.4) is 0 Å². The molecule has 0 spiro atoms. The summed E-state index contributed by atoms with van der Waals surface area (Å²) in [5, 5.41) is 11.8. The van der Waals surface area contributed by atoms with Crippen LogP contribution in [-0.2, 0) is 20.9 Å². The maximum Gasteiger partial charge on any atom is 0.306 e. The van der Waals surface area contributed by atoms with Gasteiger partial charge in [0.25, 0.3) is 0 Å². The molecule has 1 unspecified atom stereocenters. The molecule has 1 N–H and O–H groups in total. The molecule has 0 fully saturated rings. The minimum absolute atomic E-state index is 0.143. The van der Waals surface area contributed by atoms with Crippen LogP contribution in [0, 0.1) is 5.92 Å². The Hall–Kier alpha value is -1.88. The lowest BCUT2D eigenvalue weighted by Gasteiger charge is -2.20. The summed E-state index contributed by atoms with van der Waals surface area (Å²) in [7, 11) is 0. The fourth-order valence-electron chi connectivity index (χ4n) is 2.13. The zero-order valence-corrected chi connectivity index (χ0v) is 14.2. The van der Waals surface area contributed by atoms with Crippen LogP contribution < -0.4 is 0 Å². The Balaban J connectivity index is 2.26. The molecule has 0 aromatic heterocycles. The molecule has 1 aromatic carbocycles. The summed E-state index contributed by atoms with van der Waals surface area (Å²) in [6, 6.07) is 9.97. The van der Waals surface area contributed by atoms with Crippen molar-refractivity contribution in [3.05, 3.63) is 35.9 Å². The second-order valence-corrected chi connectivity index (χ2v) is 6.50. The van der Waals surface area contributed by atoms with Gasteiger partial charge in [-0.2, -0.15) is 0 Å². The molecule has 0 aliphatic rings. The first-order chi connectivity index (χ1) is 10.9. The highest BCUT2D eigenvalue weighted by atomic mass is 16.6. The van der Waals surface area contributed by atoms with Gasteiger partial charge in [-0.1, -0.05) is 30.3 Å². The third-order valence-corrected chi connectivity index (χ3v) is 3.10. The maximum absolute atomic E-state index is 11.8. The third-order valence-electron chi connectivity index (χ3n) is 3.10. The lowest BCUT2D eigenvalue weighted by Crippen LogP contribution is -2.25. The van der Waals surface area contributed by atoms with Gasteiger partial charge < -0.3 is 14.7 Å². The highest BCUT2D eigenvalue weighted by Crippen LogP contribution is 2.15. The Morgan fingerprint density at radius 3 is 2.61 bits per heavy atom. The van der Waals surface area contributed by atoms with Crippen LogP contribution in [0.4, 0.5) is 0 Å². The normalized spacial score (nSPS) is 13.2. The predicted octanol–water partition coefficient (Wildman–Crippen LogP) is 3.79. The quantitative estimate of drug-likeness (QED) is 0.247. The van der Waals surface area contributed by atoms with Gasteiger partial charge in [0, 0.05) is 18.7 Å². The molecule has 5 nitrogen and oxygen atoms in total. The summed E-state index contributed by atoms with van der Waals surface area (Å²) in [4.78, 5) is 11.8. The molecule has 0 saturated heterocycles. The van der Waals surface area contributed by atoms with Crippen molar-refractivity contribution in [3.8, 4) is 0 Å². The van der Waals surface area contributed by atoms with E-state index in [0.717, 1.165) is 12.0 Å². The standard InChI is InChI=1S/C18H27NO4/c1-18(2,3)23-17(20)12-16(13-19-21)10-7-11-22-14-15-8-5-4-6-9-15/h4-6,8-9,13,16,21H,7,10-12,14H2,1-3H3/b19-13+. The van der Waals surface area contributed by atoms with Gasteiger partial charge in [-0.15, -0.1) is 5.16 Å². The SMILES string of the molecule is CC(C)(C)OC(=O)CC(/C=N/O)CCCOCc1ccccc1. The van der Waals surface area contributed by atoms with Crippen LogP contribution in [0.2, 0.25) is 0 Å². The Labute approximate surface area is 138 Å². The molecule has 0 amide bonds. The summed E-state index contributed by atoms with van der Waals surface area (Å²) in [6.07, 6.45) is 3.09. The maximum atomic E-state index is 11.8. The number of oxime groups is 1. The number of nitrogens with zero attached hydrogens (tertiary/aromatic N) is 1. The molecular weight excluding hydrogens is 294 g/mol. The third kappa shape index (κ3) is 9.68. The molecule has 1 atom stereocenters. The molecule has 128 valence electrons. The smallest absolute Gasteiger partial charge is 0.306 e. The molecule has 1 rings (SSSR count). The number of hydrogen-bond donors (Lipinski definition) is 1. The number of carbonyl (C=O) groups is 1. The Kier molecular flexibility index (Phi) is 8.33. The number of carbonyl (C=O) groups excluding carboxylic acids is 1. The number of hydrogen-bond acceptors (Lipinski definition) is 5. The Morgan fingerprint density at radius 1 is 1.30 bits per heavy atom. The van der Waals surface area contributed by atoms with Gasteiger partial charge in [0.2, 0.25) is 0 Å². The van der Waals surface area contributed by atoms with Crippen molar-refractivity contribution in [2.45, 2.75) is 52.2 Å². The topological polar surface area (TPSA) is 68.1 Å². The monoisotopic (exact) mass is 321 g/mol. The van der Waals surface area contributed by atoms with E-state index in [-0.39, 0.29) is 18.3 Å². The Bertz CT molecular complexity index is 480. The van der Waals surface area contributed by atoms with E-state index in [9.17, 15) is 4.79 Å². The van der Waals surface area contributed by atoms with Crippen LogP contribution >= 0.6 is 0 Å². The average Bonchev–Trinajstić information content (AvgIpc) is 2.46. The lowest BCUT2D eigenvalue weighted by atomic mass is 10.0. The van der Waals surface area contributed by atoms with E-state index in [4.69, 9.17) is 14.7 Å². The average molecular weight is 321 g/mol. The van der Waals surface area contributed by atoms with Gasteiger partial charge in [-0.3, -0.25) is 4.79 Å². The van der Waals surface area contributed by atoms with Crippen molar-refractivity contribution < 1.29 is 19.5 Å². The minimum atomic E-state index is -0.503. The highest BCUT2D eigenvalue weighted by molar-refractivity contribution is 5.75. The highest BCUT2D eigenvalue weighted by Gasteiger charge is 2.19. The van der Waals surface area contributed by atoms with Gasteiger partial charge in [0.1, 0.15) is 5.60 Å². The van der Waals surface area contributed by atoms with Crippen molar-refractivity contribution in [3.63, 3.8) is 0 Å². The molecule has 0 aliphatic heterocycles. The number of rotatable bonds is 9. The zero-order chi connectivity index (χ0) is 17.1. The van der Waals surface area contributed by atoms with Crippen molar-refractivity contribution >= 4 is 12.2 Å². The van der Waals surface area contributed by atoms with E-state index in [1.807, 2.05) is 51.1 Å². The predicted molar refractivity (Wildman–Crippen MR) is 89.6 cm³/mol. The molecule has 0 bridgehead atoms. The summed E-state index contributed by atoms with van der Waals surface area (Å²) >= 11 is 0. The van der Waals surface area contributed by atoms with Crippen LogP contribution in [0.15, 0.2) is 35.5 Å². The fourth-order valence-corrected chi connectivity index (χ4v) is 2.13. The van der Waals surface area contributed by atoms with Gasteiger partial charge in [-0.05, 0) is 39.2 Å². The van der Waals surface area contributed by atoms with Crippen LogP contribution in [0.25, 0.3) is 0 Å². The molecular formula is C18H27NO4. The van der Waals surface area contributed by atoms with Crippen LogP contribution in [-0.4, -0.2) is 29.6 Å². The largest absolute Gasteiger partial charge is 0.460 e. The summed E-state index contributed by atoms with van der Waals surface area (Å²) in [5.74, 6) is -0.428. The van der Waals surface area contributed by atoms with Gasteiger partial charge in [0.15, 0.2) is 0 Å². The van der Waals surface area contributed by atoms with E-state index >= 15 is 0 Å². The number of benzene rings is 1. The van der Waals surface area contributed by atoms with Crippen LogP contribution in [0.1, 0.15) is 45.6 Å². The van der Waals surface area contributed by atoms with Gasteiger partial charge >= 0.3 is 5.97 Å². The molecule has 0 saturated carbocycles. The first-order valence-corrected chi connectivity index (χ1v) is 7.92. The van der Waals surface area contributed by atoms with E-state index in [1.165, 1.54) is 6.21 Å². The van der Waals surface area contributed by atoms with Crippen molar-refractivity contribution in [2.24, 2.45) is 11.1 Å². The Morgan fingerprint density at radius 2 is 2.00 bits per heavy atom. The minimum Gasteiger partial charge on any atom is -0.460 e. The molecule has 5 heteroatoms. The molecule has 23 heavy (non-hydrogen) atoms. The molecule has 0 aliphatic carbocycles. The molecule has 1 aromatic rings. The van der Waals surface area contributed by atoms with E-state index in [1.54, 1.807) is 0 Å². The lowest BCUT2D eigenvalue weighted by molar-refractivity contribution is -0.155. The zero-order valence-electron chi connectivity index (χ0n) is 14.2. The fraction of sp³-hybridized carbons (Fsp3) is 0.556. The number of esters is 1. The first kappa shape index (κ1) is 19.2. The van der Waals surface area contributed by atoms with E-state index in [0.29, 0.717) is 19.6 Å². The second kappa shape index (κ2) is 10.0. The molecule has 0 radical (unpaired) electrons. The van der Waals surface area contributed by atoms with Gasteiger partial charge in [0.05, 0.1) is 13.0 Å². The van der Waals surface area contributed by atoms with Crippen molar-refractivity contribution in [1.82, 2.24) is 0 Å². The second-order valence-electron chi connectivity index (χ2n) is 6.50. The van der Waals surface area contributed by atoms with Crippen molar-refractivity contribution in [2.75, 3.05) is 6.61 Å². The number of ether oxygens (including phenoxy) is 2. The van der Waals surface area contributed by atoms with Gasteiger partial charge in [-0.25, -0.2) is 0 Å². The molecule has 0 heterocycles. The van der Waals surface area contributed by atoms with Crippen molar-refractivity contribution in [1.29, 1.82) is 0 Å². The van der Waals surface area contributed by atoms with Crippen LogP contribution in [0.5, 0.6) is 0 Å². The summed E-state index contributed by atoms with van der Waals surface area (Å²) < 4.78 is 10.9. The van der Waals surface area contributed by atoms with E-state index < -0.39 is 5.60 Å². The first-order valence-electron chi connectivity index (χ1n) is 7.92. The summed E-state index contributed by atoms with van der Waals surface area (Å²) in [6.45, 7) is 6.66.